The Balaban J connectivity index is 0.881. The smallest absolute Gasteiger partial charge is 0.456 e. The second kappa shape index (κ2) is 26.2. The van der Waals surface area contributed by atoms with E-state index in [1.165, 1.54) is 9.47 Å². The summed E-state index contributed by atoms with van der Waals surface area (Å²) in [5, 5.41) is 18.5. The number of nitrogens with zero attached hydrogens (tertiary/aromatic N) is 7. The van der Waals surface area contributed by atoms with Gasteiger partial charge in [-0.2, -0.15) is 16.8 Å². The third-order valence-corrected chi connectivity index (χ3v) is 18.5. The van der Waals surface area contributed by atoms with E-state index >= 15 is 0 Å². The Morgan fingerprint density at radius 3 is 2.18 bits per heavy atom. The highest BCUT2D eigenvalue weighted by molar-refractivity contribution is 7.86. The van der Waals surface area contributed by atoms with Crippen molar-refractivity contribution in [1.29, 1.82) is 0 Å². The van der Waals surface area contributed by atoms with E-state index in [4.69, 9.17) is 19.7 Å². The molecule has 0 radical (unpaired) electrons. The number of hydrogen-bond acceptors (Lipinski definition) is 19. The zero-order chi connectivity index (χ0) is 65.6. The number of fused-ring (bicyclic) bond motifs is 5. The average Bonchev–Trinajstić information content (AvgIpc) is 0.901. The Kier molecular flexibility index (Phi) is 19.8. The lowest BCUT2D eigenvalue weighted by atomic mass is 9.83. The maximum atomic E-state index is 14.8. The average molecular weight is 1330 g/mol. The molecule has 0 aliphatic carbocycles. The van der Waals surface area contributed by atoms with E-state index in [0.717, 1.165) is 6.33 Å². The van der Waals surface area contributed by atoms with E-state index in [2.05, 4.69) is 39.6 Å². The molecule has 5 aromatic rings. The number of amides is 2. The molecule has 3 aromatic carbocycles. The molecule has 0 unspecified atom stereocenters. The quantitative estimate of drug-likeness (QED) is 0.0160. The van der Waals surface area contributed by atoms with Crippen LogP contribution in [0.2, 0.25) is 0 Å². The molecular formula is C57H75N10O19P2S2+. The summed E-state index contributed by atoms with van der Waals surface area (Å²) in [7, 11) is -17.8. The van der Waals surface area contributed by atoms with E-state index in [1.54, 1.807) is 43.4 Å². The number of phosphoric acid groups is 2. The van der Waals surface area contributed by atoms with Crippen molar-refractivity contribution < 1.29 is 87.9 Å². The highest BCUT2D eigenvalue weighted by Gasteiger charge is 2.50. The normalized spacial score (nSPS) is 19.5. The van der Waals surface area contributed by atoms with Crippen LogP contribution in [-0.4, -0.2) is 174 Å². The number of benzene rings is 3. The Bertz CT molecular complexity index is 4190. The third-order valence-electron chi connectivity index (χ3n) is 16.1. The lowest BCUT2D eigenvalue weighted by Crippen LogP contribution is -2.50. The molecular weight excluding hydrogens is 1250 g/mol. The van der Waals surface area contributed by atoms with Gasteiger partial charge < -0.3 is 60.3 Å². The predicted molar refractivity (Wildman–Crippen MR) is 333 cm³/mol. The molecule has 1 saturated heterocycles. The summed E-state index contributed by atoms with van der Waals surface area (Å²) in [5.74, 6) is -1.15. The van der Waals surface area contributed by atoms with Gasteiger partial charge in [0, 0.05) is 92.7 Å². The van der Waals surface area contributed by atoms with Crippen molar-refractivity contribution in [2.24, 2.45) is 0 Å². The summed E-state index contributed by atoms with van der Waals surface area (Å²) in [6.07, 6.45) is 0.947. The van der Waals surface area contributed by atoms with E-state index in [1.807, 2.05) is 65.8 Å². The lowest BCUT2D eigenvalue weighted by molar-refractivity contribution is -0.121. The van der Waals surface area contributed by atoms with Gasteiger partial charge in [0.05, 0.1) is 23.8 Å². The largest absolute Gasteiger partial charge is 0.470 e. The van der Waals surface area contributed by atoms with Gasteiger partial charge in [-0.05, 0) is 87.9 Å². The SMILES string of the molecule is CCN1c2cc3c(cc2C(CS(=O)(=O)O)=CC1(C)C)C(c1ccccc1C(=O)N(C)CCCC(=O)NCCCCCCNc1nc2c(N)ncnc2n1[C@@H]1O[C@H](COP(=O)(O)O)[C@@H](OP(=O)(O)O)[C@H]1O)=c1cc2c(cc1O3)=[N+](CC)C(C)(C)C=C2CS(=O)(=O)O. The van der Waals surface area contributed by atoms with Crippen LogP contribution in [0.4, 0.5) is 17.5 Å². The fraction of sp³-hybridized carbons (Fsp3) is 0.474. The number of hydrogen-bond donors (Lipinski definition) is 10. The minimum Gasteiger partial charge on any atom is -0.456 e. The zero-order valence-electron chi connectivity index (χ0n) is 50.5. The van der Waals surface area contributed by atoms with Crippen LogP contribution in [0.1, 0.15) is 119 Å². The molecule has 29 nitrogen and oxygen atoms in total. The van der Waals surface area contributed by atoms with Crippen molar-refractivity contribution in [3.63, 3.8) is 0 Å². The number of rotatable bonds is 26. The Morgan fingerprint density at radius 2 is 1.52 bits per heavy atom. The minimum atomic E-state index is -5.28. The van der Waals surface area contributed by atoms with Gasteiger partial charge in [-0.15, -0.1) is 0 Å². The lowest BCUT2D eigenvalue weighted by Gasteiger charge is -2.43. The Labute approximate surface area is 519 Å². The van der Waals surface area contributed by atoms with Gasteiger partial charge in [0.25, 0.3) is 26.1 Å². The molecule has 6 heterocycles. The number of unbranched alkanes of at least 4 members (excludes halogenated alkanes) is 3. The molecule has 2 aromatic heterocycles. The summed E-state index contributed by atoms with van der Waals surface area (Å²) in [6.45, 7) is 12.7. The van der Waals surface area contributed by atoms with Crippen LogP contribution in [-0.2, 0) is 47.9 Å². The number of likely N-dealkylation sites (N-methyl/N-ethyl adjacent to an activating group) is 2. The molecule has 33 heteroatoms. The molecule has 90 heavy (non-hydrogen) atoms. The highest BCUT2D eigenvalue weighted by Crippen LogP contribution is 2.49. The fourth-order valence-electron chi connectivity index (χ4n) is 12.4. The number of ether oxygens (including phenoxy) is 2. The number of nitrogens with one attached hydrogen (secondary N) is 2. The van der Waals surface area contributed by atoms with E-state index < -0.39 is 89.6 Å². The van der Waals surface area contributed by atoms with Crippen LogP contribution >= 0.6 is 15.6 Å². The molecule has 0 bridgehead atoms. The van der Waals surface area contributed by atoms with Crippen molar-refractivity contribution in [2.45, 2.75) is 116 Å². The first-order chi connectivity index (χ1) is 42.1. The number of nitrogen functional groups attached to an aromatic ring is 1. The van der Waals surface area contributed by atoms with Gasteiger partial charge in [-0.25, -0.2) is 28.7 Å². The van der Waals surface area contributed by atoms with Crippen molar-refractivity contribution in [1.82, 2.24) is 34.3 Å². The van der Waals surface area contributed by atoms with E-state index in [9.17, 15) is 69.3 Å². The van der Waals surface area contributed by atoms with Crippen LogP contribution in [0.25, 0.3) is 27.9 Å². The van der Waals surface area contributed by atoms with Gasteiger partial charge >= 0.3 is 15.6 Å². The second-order valence-electron chi connectivity index (χ2n) is 23.5. The predicted octanol–water partition coefficient (Wildman–Crippen LogP) is 3.71. The molecule has 4 atom stereocenters. The monoisotopic (exact) mass is 1330 g/mol. The van der Waals surface area contributed by atoms with Gasteiger partial charge in [0.2, 0.25) is 17.2 Å². The summed E-state index contributed by atoms with van der Waals surface area (Å²) in [4.78, 5) is 81.9. The van der Waals surface area contributed by atoms with Gasteiger partial charge in [-0.3, -0.25) is 32.3 Å². The van der Waals surface area contributed by atoms with Gasteiger partial charge in [-0.1, -0.05) is 37.1 Å². The summed E-state index contributed by atoms with van der Waals surface area (Å²) in [5.41, 5.74) is 8.97. The number of nitrogens with two attached hydrogens (primary N) is 1. The first kappa shape index (κ1) is 67.8. The van der Waals surface area contributed by atoms with E-state index in [-0.39, 0.29) is 53.3 Å². The number of anilines is 3. The van der Waals surface area contributed by atoms with Gasteiger partial charge in [0.1, 0.15) is 54.2 Å². The molecule has 0 spiro atoms. The Morgan fingerprint density at radius 1 is 0.844 bits per heavy atom. The zero-order valence-corrected chi connectivity index (χ0v) is 53.9. The van der Waals surface area contributed by atoms with Crippen molar-refractivity contribution in [3.8, 4) is 11.5 Å². The van der Waals surface area contributed by atoms with Crippen molar-refractivity contribution >= 4 is 93.0 Å². The summed E-state index contributed by atoms with van der Waals surface area (Å²) < 4.78 is 120. The summed E-state index contributed by atoms with van der Waals surface area (Å²) >= 11 is 0. The molecule has 4 aliphatic rings. The Hall–Kier alpha value is -6.54. The maximum absolute atomic E-state index is 14.8. The van der Waals surface area contributed by atoms with Crippen LogP contribution in [0.5, 0.6) is 11.5 Å². The molecule has 9 rings (SSSR count). The van der Waals surface area contributed by atoms with Crippen LogP contribution in [0.3, 0.4) is 0 Å². The molecule has 488 valence electrons. The number of carbonyl (C=O) groups excluding carboxylic acids is 2. The topological polar surface area (TPSA) is 418 Å². The first-order valence-corrected chi connectivity index (χ1v) is 35.3. The molecule has 4 aliphatic heterocycles. The molecule has 2 amide bonds. The number of phosphoric ester groups is 2. The van der Waals surface area contributed by atoms with Crippen molar-refractivity contribution in [2.75, 3.05) is 73.8 Å². The minimum absolute atomic E-state index is 0.0402. The number of aromatic nitrogens is 4. The number of aliphatic hydroxyl groups is 1. The molecule has 1 fully saturated rings. The number of imidazole rings is 1. The second-order valence-corrected chi connectivity index (χ2v) is 28.8. The van der Waals surface area contributed by atoms with E-state index in [0.29, 0.717) is 125 Å². The van der Waals surface area contributed by atoms with Crippen molar-refractivity contribution in [3.05, 3.63) is 105 Å². The fourth-order valence-corrected chi connectivity index (χ4v) is 14.6. The number of aliphatic hydroxyl groups excluding tert-OH is 1. The van der Waals surface area contributed by atoms with Crippen LogP contribution in [0.15, 0.2) is 67.0 Å². The standard InChI is InChI=1S/C57H74N10O19P2S2/c1-8-65-41-25-43-39(23-37(41)33(27-56(65,3)4)30-89(77,78)79)47(40-24-38-34(31-90(80,81)82)28-57(5,6)66(9-2)42(38)26-44(40)84-43)35-17-12-13-18-36(35)53(70)64(7)22-16-19-46(68)59-20-14-10-11-15-21-60-55-63-48-51(58)61-32-62-52(48)67(55)54-49(69)50(86-88(74,75)76)45(85-54)29-83-87(71,72)73/h12-13,17-18,23-28,32,45,49-50,54,58,69H,8-11,14-16,19-22,29-31H2,1-7H3,(H8,59,68,70,71,72,73,74,75,76,77,78,79,80,81,82)/p+1/t45-,49-,50-,54-/m1/s1. The maximum Gasteiger partial charge on any atom is 0.470 e. The first-order valence-electron chi connectivity index (χ1n) is 29.0. The summed E-state index contributed by atoms with van der Waals surface area (Å²) in [6, 6.07) is 14.2. The van der Waals surface area contributed by atoms with Crippen LogP contribution < -0.4 is 41.2 Å². The third kappa shape index (κ3) is 15.2. The number of carbonyl (C=O) groups is 2. The molecule has 0 saturated carbocycles. The highest BCUT2D eigenvalue weighted by atomic mass is 32.2. The van der Waals surface area contributed by atoms with Crippen LogP contribution in [0, 0.1) is 0 Å². The van der Waals surface area contributed by atoms with Gasteiger partial charge in [0.15, 0.2) is 28.7 Å². The molecule has 11 N–H and O–H groups in total.